The highest BCUT2D eigenvalue weighted by molar-refractivity contribution is 5.77. The maximum atomic E-state index is 11.5. The van der Waals surface area contributed by atoms with Crippen molar-refractivity contribution in [3.8, 4) is 0 Å². The summed E-state index contributed by atoms with van der Waals surface area (Å²) < 4.78 is 0. The first-order valence-corrected chi connectivity index (χ1v) is 6.33. The van der Waals surface area contributed by atoms with Gasteiger partial charge < -0.3 is 16.4 Å². The first kappa shape index (κ1) is 13.5. The number of nitrogens with one attached hydrogen (secondary N) is 2. The average molecular weight is 227 g/mol. The maximum absolute atomic E-state index is 11.5. The Balaban J connectivity index is 2.07. The zero-order valence-corrected chi connectivity index (χ0v) is 10.5. The number of hydrogen-bond acceptors (Lipinski definition) is 3. The van der Waals surface area contributed by atoms with Gasteiger partial charge in [-0.2, -0.15) is 0 Å². The van der Waals surface area contributed by atoms with Crippen LogP contribution in [0.1, 0.15) is 39.5 Å². The molecule has 4 N–H and O–H groups in total. The van der Waals surface area contributed by atoms with E-state index < -0.39 is 0 Å². The summed E-state index contributed by atoms with van der Waals surface area (Å²) in [7, 11) is 0. The molecule has 0 aromatic heterocycles. The van der Waals surface area contributed by atoms with Crippen LogP contribution in [0.25, 0.3) is 0 Å². The highest BCUT2D eigenvalue weighted by atomic mass is 16.1. The third-order valence-electron chi connectivity index (χ3n) is 3.03. The Bertz CT molecular complexity index is 210. The van der Waals surface area contributed by atoms with Crippen molar-refractivity contribution in [2.75, 3.05) is 13.1 Å². The van der Waals surface area contributed by atoms with E-state index in [-0.39, 0.29) is 5.91 Å². The molecule has 94 valence electrons. The summed E-state index contributed by atoms with van der Waals surface area (Å²) in [6.07, 6.45) is 4.34. The van der Waals surface area contributed by atoms with Crippen LogP contribution in [-0.4, -0.2) is 31.1 Å². The van der Waals surface area contributed by atoms with Crippen LogP contribution in [0.2, 0.25) is 0 Å². The van der Waals surface area contributed by atoms with E-state index in [2.05, 4.69) is 24.5 Å². The average Bonchev–Trinajstić information content (AvgIpc) is 2.25. The summed E-state index contributed by atoms with van der Waals surface area (Å²) >= 11 is 0. The van der Waals surface area contributed by atoms with Gasteiger partial charge in [0.1, 0.15) is 0 Å². The number of carbonyl (C=O) groups is 1. The molecule has 0 saturated heterocycles. The van der Waals surface area contributed by atoms with Gasteiger partial charge in [0.15, 0.2) is 0 Å². The molecule has 4 heteroatoms. The van der Waals surface area contributed by atoms with Gasteiger partial charge in [-0.05, 0) is 31.6 Å². The second-order valence-electron chi connectivity index (χ2n) is 5.19. The summed E-state index contributed by atoms with van der Waals surface area (Å²) in [5.74, 6) is 0.611. The van der Waals surface area contributed by atoms with E-state index in [0.717, 1.165) is 32.2 Å². The minimum Gasteiger partial charge on any atom is -0.355 e. The molecular weight excluding hydrogens is 202 g/mol. The van der Waals surface area contributed by atoms with Crippen molar-refractivity contribution >= 4 is 5.91 Å². The van der Waals surface area contributed by atoms with Crippen LogP contribution in [0, 0.1) is 5.92 Å². The van der Waals surface area contributed by atoms with Crippen LogP contribution in [0.15, 0.2) is 0 Å². The SMILES string of the molecule is CC(C)CNC(=O)CNC1CCC(N)CC1. The van der Waals surface area contributed by atoms with Crippen LogP contribution in [0.3, 0.4) is 0 Å². The van der Waals surface area contributed by atoms with Crippen molar-refractivity contribution in [2.24, 2.45) is 11.7 Å². The maximum Gasteiger partial charge on any atom is 0.233 e. The Kier molecular flexibility index (Phi) is 5.77. The smallest absolute Gasteiger partial charge is 0.233 e. The van der Waals surface area contributed by atoms with Crippen LogP contribution < -0.4 is 16.4 Å². The summed E-state index contributed by atoms with van der Waals surface area (Å²) in [5.41, 5.74) is 5.83. The van der Waals surface area contributed by atoms with Crippen molar-refractivity contribution in [3.05, 3.63) is 0 Å². The molecular formula is C12H25N3O. The van der Waals surface area contributed by atoms with Crippen LogP contribution >= 0.6 is 0 Å². The van der Waals surface area contributed by atoms with E-state index in [4.69, 9.17) is 5.73 Å². The quantitative estimate of drug-likeness (QED) is 0.645. The molecule has 1 rings (SSSR count). The van der Waals surface area contributed by atoms with E-state index in [9.17, 15) is 4.79 Å². The Morgan fingerprint density at radius 1 is 1.31 bits per heavy atom. The van der Waals surface area contributed by atoms with E-state index in [1.807, 2.05) is 0 Å². The highest BCUT2D eigenvalue weighted by Gasteiger charge is 2.18. The fraction of sp³-hybridized carbons (Fsp3) is 0.917. The van der Waals surface area contributed by atoms with Crippen molar-refractivity contribution in [1.82, 2.24) is 10.6 Å². The van der Waals surface area contributed by atoms with Crippen LogP contribution in [0.4, 0.5) is 0 Å². The molecule has 0 atom stereocenters. The molecule has 0 bridgehead atoms. The van der Waals surface area contributed by atoms with E-state index in [1.165, 1.54) is 0 Å². The molecule has 0 aromatic rings. The Morgan fingerprint density at radius 2 is 1.94 bits per heavy atom. The van der Waals surface area contributed by atoms with Gasteiger partial charge in [-0.15, -0.1) is 0 Å². The molecule has 0 radical (unpaired) electrons. The lowest BCUT2D eigenvalue weighted by molar-refractivity contribution is -0.120. The number of amides is 1. The van der Waals surface area contributed by atoms with Crippen molar-refractivity contribution in [1.29, 1.82) is 0 Å². The van der Waals surface area contributed by atoms with Gasteiger partial charge in [0.25, 0.3) is 0 Å². The van der Waals surface area contributed by atoms with Gasteiger partial charge in [0.2, 0.25) is 5.91 Å². The third-order valence-corrected chi connectivity index (χ3v) is 3.03. The normalized spacial score (nSPS) is 25.8. The molecule has 0 aliphatic heterocycles. The lowest BCUT2D eigenvalue weighted by Gasteiger charge is -2.26. The highest BCUT2D eigenvalue weighted by Crippen LogP contribution is 2.16. The second-order valence-corrected chi connectivity index (χ2v) is 5.19. The number of nitrogens with two attached hydrogens (primary N) is 1. The second kappa shape index (κ2) is 6.86. The number of carbonyl (C=O) groups excluding carboxylic acids is 1. The topological polar surface area (TPSA) is 67.2 Å². The summed E-state index contributed by atoms with van der Waals surface area (Å²) in [6.45, 7) is 5.38. The first-order valence-electron chi connectivity index (χ1n) is 6.33. The standard InChI is InChI=1S/C12H25N3O/c1-9(2)7-15-12(16)8-14-11-5-3-10(13)4-6-11/h9-11,14H,3-8,13H2,1-2H3,(H,15,16). The summed E-state index contributed by atoms with van der Waals surface area (Å²) in [4.78, 5) is 11.5. The minimum absolute atomic E-state index is 0.101. The fourth-order valence-corrected chi connectivity index (χ4v) is 1.94. The van der Waals surface area contributed by atoms with Gasteiger partial charge in [0, 0.05) is 18.6 Å². The van der Waals surface area contributed by atoms with Crippen LogP contribution in [0.5, 0.6) is 0 Å². The number of rotatable bonds is 5. The zero-order chi connectivity index (χ0) is 12.0. The van der Waals surface area contributed by atoms with Gasteiger partial charge in [-0.25, -0.2) is 0 Å². The molecule has 16 heavy (non-hydrogen) atoms. The predicted octanol–water partition coefficient (Wildman–Crippen LogP) is 0.618. The largest absolute Gasteiger partial charge is 0.355 e. The number of hydrogen-bond donors (Lipinski definition) is 3. The fourth-order valence-electron chi connectivity index (χ4n) is 1.94. The van der Waals surface area contributed by atoms with E-state index in [1.54, 1.807) is 0 Å². The van der Waals surface area contributed by atoms with Crippen molar-refractivity contribution in [3.63, 3.8) is 0 Å². The molecule has 4 nitrogen and oxygen atoms in total. The monoisotopic (exact) mass is 227 g/mol. The van der Waals surface area contributed by atoms with E-state index >= 15 is 0 Å². The van der Waals surface area contributed by atoms with Gasteiger partial charge >= 0.3 is 0 Å². The molecule has 1 amide bonds. The van der Waals surface area contributed by atoms with Gasteiger partial charge in [-0.3, -0.25) is 4.79 Å². The molecule has 1 aliphatic rings. The summed E-state index contributed by atoms with van der Waals surface area (Å²) in [5, 5.41) is 6.20. The molecule has 0 spiro atoms. The molecule has 1 saturated carbocycles. The lowest BCUT2D eigenvalue weighted by Crippen LogP contribution is -2.43. The summed E-state index contributed by atoms with van der Waals surface area (Å²) in [6, 6.07) is 0.845. The van der Waals surface area contributed by atoms with Gasteiger partial charge in [0.05, 0.1) is 6.54 Å². The van der Waals surface area contributed by atoms with Gasteiger partial charge in [-0.1, -0.05) is 13.8 Å². The lowest BCUT2D eigenvalue weighted by atomic mass is 9.92. The third kappa shape index (κ3) is 5.47. The molecule has 1 fully saturated rings. The molecule has 0 heterocycles. The van der Waals surface area contributed by atoms with Crippen LogP contribution in [-0.2, 0) is 4.79 Å². The van der Waals surface area contributed by atoms with Crippen molar-refractivity contribution in [2.45, 2.75) is 51.6 Å². The molecule has 0 unspecified atom stereocenters. The molecule has 0 aromatic carbocycles. The van der Waals surface area contributed by atoms with Crippen molar-refractivity contribution < 1.29 is 4.79 Å². The zero-order valence-electron chi connectivity index (χ0n) is 10.5. The predicted molar refractivity (Wildman–Crippen MR) is 66.1 cm³/mol. The first-order chi connectivity index (χ1) is 7.58. The van der Waals surface area contributed by atoms with E-state index in [0.29, 0.717) is 24.5 Å². The Hall–Kier alpha value is -0.610. The molecule has 1 aliphatic carbocycles. The minimum atomic E-state index is 0.101. The Labute approximate surface area is 98.3 Å². The Morgan fingerprint density at radius 3 is 2.50 bits per heavy atom.